The number of carboxylic acids is 1. The number of hydrogen-bond donors (Lipinski definition) is 3. The van der Waals surface area contributed by atoms with Gasteiger partial charge in [0, 0.05) is 6.04 Å². The summed E-state index contributed by atoms with van der Waals surface area (Å²) in [5.74, 6) is 0.0330. The number of rotatable bonds is 9. The van der Waals surface area contributed by atoms with Crippen molar-refractivity contribution >= 4 is 5.97 Å². The molecule has 0 radical (unpaired) electrons. The fourth-order valence-corrected chi connectivity index (χ4v) is 4.72. The van der Waals surface area contributed by atoms with E-state index in [1.807, 2.05) is 41.9 Å². The van der Waals surface area contributed by atoms with Gasteiger partial charge < -0.3 is 14.9 Å². The van der Waals surface area contributed by atoms with Crippen LogP contribution < -0.4 is 10.1 Å². The van der Waals surface area contributed by atoms with Gasteiger partial charge in [-0.2, -0.15) is 0 Å². The molecule has 9 heteroatoms. The van der Waals surface area contributed by atoms with Crippen molar-refractivity contribution in [2.75, 3.05) is 7.11 Å². The Morgan fingerprint density at radius 3 is 2.65 bits per heavy atom. The van der Waals surface area contributed by atoms with E-state index < -0.39 is 18.1 Å². The molecule has 0 saturated heterocycles. The van der Waals surface area contributed by atoms with E-state index >= 15 is 0 Å². The normalized spacial score (nSPS) is 16.2. The third kappa shape index (κ3) is 5.36. The molecule has 1 aliphatic rings. The molecule has 9 nitrogen and oxygen atoms in total. The highest BCUT2D eigenvalue weighted by molar-refractivity contribution is 5.68. The number of nitrogens with zero attached hydrogens (tertiary/aromatic N) is 4. The number of benzene rings is 2. The Labute approximate surface area is 198 Å². The van der Waals surface area contributed by atoms with E-state index in [1.165, 1.54) is 13.5 Å². The van der Waals surface area contributed by atoms with Crippen LogP contribution in [-0.2, 0) is 4.79 Å². The lowest BCUT2D eigenvalue weighted by Gasteiger charge is -2.28. The van der Waals surface area contributed by atoms with Gasteiger partial charge in [-0.1, -0.05) is 55.2 Å². The van der Waals surface area contributed by atoms with E-state index in [4.69, 9.17) is 4.74 Å². The quantitative estimate of drug-likeness (QED) is 0.432. The molecule has 1 heterocycles. The van der Waals surface area contributed by atoms with Gasteiger partial charge in [-0.15, -0.1) is 5.10 Å². The lowest BCUT2D eigenvalue weighted by molar-refractivity contribution is -0.137. The van der Waals surface area contributed by atoms with Crippen molar-refractivity contribution < 1.29 is 19.7 Å². The first-order valence-electron chi connectivity index (χ1n) is 11.7. The number of aliphatic carboxylic acids is 1. The van der Waals surface area contributed by atoms with Crippen molar-refractivity contribution in [3.05, 3.63) is 65.0 Å². The lowest BCUT2D eigenvalue weighted by atomic mass is 9.94. The summed E-state index contributed by atoms with van der Waals surface area (Å²) < 4.78 is 7.08. The van der Waals surface area contributed by atoms with E-state index in [-0.39, 0.29) is 18.2 Å². The van der Waals surface area contributed by atoms with Crippen LogP contribution in [0.5, 0.6) is 11.5 Å². The number of aromatic hydroxyl groups is 1. The summed E-state index contributed by atoms with van der Waals surface area (Å²) in [7, 11) is 1.49. The summed E-state index contributed by atoms with van der Waals surface area (Å²) in [4.78, 5) is 11.8. The second-order valence-corrected chi connectivity index (χ2v) is 8.87. The molecule has 0 amide bonds. The monoisotopic (exact) mass is 465 g/mol. The molecule has 2 aromatic carbocycles. The predicted octanol–water partition coefficient (Wildman–Crippen LogP) is 4.10. The number of carboxylic acid groups (broad SMARTS) is 1. The van der Waals surface area contributed by atoms with Crippen LogP contribution in [0.15, 0.2) is 42.5 Å². The number of phenolic OH excluding ortho intramolecular Hbond substituents is 1. The van der Waals surface area contributed by atoms with Gasteiger partial charge in [-0.25, -0.2) is 4.68 Å². The molecular weight excluding hydrogens is 434 g/mol. The van der Waals surface area contributed by atoms with Crippen LogP contribution in [-0.4, -0.2) is 43.5 Å². The third-order valence-corrected chi connectivity index (χ3v) is 6.42. The van der Waals surface area contributed by atoms with Gasteiger partial charge in [-0.3, -0.25) is 10.1 Å². The molecule has 0 spiro atoms. The van der Waals surface area contributed by atoms with Gasteiger partial charge in [0.25, 0.3) is 0 Å². The van der Waals surface area contributed by atoms with Crippen LogP contribution in [0.1, 0.15) is 79.2 Å². The molecule has 2 atom stereocenters. The third-order valence-electron chi connectivity index (χ3n) is 6.42. The molecule has 0 aliphatic heterocycles. The van der Waals surface area contributed by atoms with Crippen LogP contribution in [0.25, 0.3) is 0 Å². The molecule has 2 unspecified atom stereocenters. The summed E-state index contributed by atoms with van der Waals surface area (Å²) in [6, 6.07) is 12.1. The second-order valence-electron chi connectivity index (χ2n) is 8.87. The molecule has 1 aromatic heterocycles. The minimum absolute atomic E-state index is 0.00571. The minimum atomic E-state index is -0.915. The summed E-state index contributed by atoms with van der Waals surface area (Å²) in [6.07, 6.45) is 5.32. The highest BCUT2D eigenvalue weighted by Gasteiger charge is 2.30. The number of methoxy groups -OCH3 is 1. The molecule has 0 bridgehead atoms. The number of phenols is 1. The van der Waals surface area contributed by atoms with Crippen LogP contribution >= 0.6 is 0 Å². The predicted molar refractivity (Wildman–Crippen MR) is 126 cm³/mol. The molecule has 4 rings (SSSR count). The number of nitrogens with one attached hydrogen (secondary N) is 1. The first-order valence-corrected chi connectivity index (χ1v) is 11.7. The Balaban J connectivity index is 1.77. The van der Waals surface area contributed by atoms with E-state index in [1.54, 1.807) is 12.1 Å². The zero-order chi connectivity index (χ0) is 24.1. The van der Waals surface area contributed by atoms with Gasteiger partial charge in [0.15, 0.2) is 17.3 Å². The molecule has 1 saturated carbocycles. The smallest absolute Gasteiger partial charge is 0.305 e. The first-order chi connectivity index (χ1) is 16.5. The Kier molecular flexibility index (Phi) is 7.42. The minimum Gasteiger partial charge on any atom is -0.504 e. The average molecular weight is 466 g/mol. The average Bonchev–Trinajstić information content (AvgIpc) is 3.31. The molecule has 1 fully saturated rings. The summed E-state index contributed by atoms with van der Waals surface area (Å²) in [6.45, 7) is 1.98. The zero-order valence-electron chi connectivity index (χ0n) is 19.5. The van der Waals surface area contributed by atoms with E-state index in [0.29, 0.717) is 17.1 Å². The number of aromatic nitrogens is 4. The number of carbonyl (C=O) groups is 1. The Morgan fingerprint density at radius 2 is 1.97 bits per heavy atom. The van der Waals surface area contributed by atoms with Crippen molar-refractivity contribution in [2.45, 2.75) is 63.6 Å². The van der Waals surface area contributed by atoms with Crippen LogP contribution in [0.3, 0.4) is 0 Å². The largest absolute Gasteiger partial charge is 0.504 e. The summed E-state index contributed by atoms with van der Waals surface area (Å²) >= 11 is 0. The number of aryl methyl sites for hydroxylation is 1. The molecule has 34 heavy (non-hydrogen) atoms. The van der Waals surface area contributed by atoms with Crippen LogP contribution in [0.4, 0.5) is 0 Å². The standard InChI is InChI=1S/C25H31N5O4/c1-16-7-6-8-17(13-16)20(15-23(32)33)26-24(18-11-12-22(34-2)21(31)14-18)25-27-28-29-30(25)19-9-4-3-5-10-19/h6-8,11-14,19-20,24,26,31H,3-5,9-10,15H2,1-2H3,(H,32,33). The molecular formula is C25H31N5O4. The van der Waals surface area contributed by atoms with Crippen molar-refractivity contribution in [3.63, 3.8) is 0 Å². The zero-order valence-corrected chi connectivity index (χ0v) is 19.5. The highest BCUT2D eigenvalue weighted by Crippen LogP contribution is 2.35. The van der Waals surface area contributed by atoms with Crippen molar-refractivity contribution in [2.24, 2.45) is 0 Å². The van der Waals surface area contributed by atoms with Gasteiger partial charge in [-0.05, 0) is 53.5 Å². The maximum absolute atomic E-state index is 11.8. The number of ether oxygens (including phenoxy) is 1. The molecule has 3 aromatic rings. The van der Waals surface area contributed by atoms with Crippen LogP contribution in [0, 0.1) is 6.92 Å². The SMILES string of the molecule is COc1ccc(C(NC(CC(=O)O)c2cccc(C)c2)c2nnnn2C2CCCCC2)cc1O. The number of hydrogen-bond acceptors (Lipinski definition) is 7. The van der Waals surface area contributed by atoms with E-state index in [9.17, 15) is 15.0 Å². The molecule has 1 aliphatic carbocycles. The maximum Gasteiger partial charge on any atom is 0.305 e. The fraction of sp³-hybridized carbons (Fsp3) is 0.440. The second kappa shape index (κ2) is 10.6. The van der Waals surface area contributed by atoms with Gasteiger partial charge >= 0.3 is 5.97 Å². The highest BCUT2D eigenvalue weighted by atomic mass is 16.5. The van der Waals surface area contributed by atoms with Crippen molar-refractivity contribution in [1.82, 2.24) is 25.5 Å². The number of tetrazole rings is 1. The maximum atomic E-state index is 11.8. The molecule has 3 N–H and O–H groups in total. The van der Waals surface area contributed by atoms with Crippen molar-refractivity contribution in [3.8, 4) is 11.5 Å². The Bertz CT molecular complexity index is 1130. The Hall–Kier alpha value is -3.46. The van der Waals surface area contributed by atoms with Crippen molar-refractivity contribution in [1.29, 1.82) is 0 Å². The first kappa shape index (κ1) is 23.7. The van der Waals surface area contributed by atoms with Gasteiger partial charge in [0.1, 0.15) is 0 Å². The van der Waals surface area contributed by atoms with Gasteiger partial charge in [0.05, 0.1) is 25.6 Å². The van der Waals surface area contributed by atoms with E-state index in [0.717, 1.165) is 36.8 Å². The topological polar surface area (TPSA) is 122 Å². The fourth-order valence-electron chi connectivity index (χ4n) is 4.72. The van der Waals surface area contributed by atoms with E-state index in [2.05, 4.69) is 20.8 Å². The Morgan fingerprint density at radius 1 is 1.18 bits per heavy atom. The van der Waals surface area contributed by atoms with Gasteiger partial charge in [0.2, 0.25) is 0 Å². The lowest BCUT2D eigenvalue weighted by Crippen LogP contribution is -2.32. The summed E-state index contributed by atoms with van der Waals surface area (Å²) in [5, 5.41) is 36.3. The molecule has 180 valence electrons. The van der Waals surface area contributed by atoms with Crippen LogP contribution in [0.2, 0.25) is 0 Å². The summed E-state index contributed by atoms with van der Waals surface area (Å²) in [5.41, 5.74) is 2.62.